The molecule has 0 saturated carbocycles. The van der Waals surface area contributed by atoms with Gasteiger partial charge in [0.15, 0.2) is 17.5 Å². The molecule has 0 aliphatic rings. The van der Waals surface area contributed by atoms with Crippen LogP contribution in [0.4, 0.5) is 0 Å². The highest BCUT2D eigenvalue weighted by atomic mass is 16.3. The van der Waals surface area contributed by atoms with E-state index in [1.807, 2.05) is 36.4 Å². The number of hydrogen-bond donors (Lipinski definition) is 0. The molecule has 0 radical (unpaired) electrons. The van der Waals surface area contributed by atoms with E-state index in [2.05, 4.69) is 127 Å². The molecular formula is C45H27N3O. The van der Waals surface area contributed by atoms with E-state index in [1.165, 1.54) is 0 Å². The van der Waals surface area contributed by atoms with Gasteiger partial charge in [-0.3, -0.25) is 0 Å². The number of benzene rings is 8. The maximum absolute atomic E-state index is 6.52. The quantitative estimate of drug-likeness (QED) is 0.183. The Morgan fingerprint density at radius 3 is 1.73 bits per heavy atom. The van der Waals surface area contributed by atoms with Crippen molar-refractivity contribution in [1.29, 1.82) is 0 Å². The van der Waals surface area contributed by atoms with Crippen LogP contribution in [-0.2, 0) is 0 Å². The van der Waals surface area contributed by atoms with Gasteiger partial charge in [-0.2, -0.15) is 0 Å². The van der Waals surface area contributed by atoms with Gasteiger partial charge in [-0.1, -0.05) is 140 Å². The summed E-state index contributed by atoms with van der Waals surface area (Å²) in [5.41, 5.74) is 6.85. The Kier molecular flexibility index (Phi) is 6.15. The van der Waals surface area contributed by atoms with Gasteiger partial charge in [0.2, 0.25) is 0 Å². The third kappa shape index (κ3) is 4.49. The van der Waals surface area contributed by atoms with E-state index >= 15 is 0 Å². The fourth-order valence-electron chi connectivity index (χ4n) is 7.18. The van der Waals surface area contributed by atoms with Crippen LogP contribution in [0.1, 0.15) is 0 Å². The lowest BCUT2D eigenvalue weighted by atomic mass is 9.95. The first-order valence-corrected chi connectivity index (χ1v) is 16.4. The van der Waals surface area contributed by atoms with E-state index in [4.69, 9.17) is 19.4 Å². The molecule has 0 spiro atoms. The van der Waals surface area contributed by atoms with Crippen molar-refractivity contribution in [2.45, 2.75) is 0 Å². The van der Waals surface area contributed by atoms with Gasteiger partial charge in [-0.15, -0.1) is 0 Å². The van der Waals surface area contributed by atoms with E-state index in [0.29, 0.717) is 17.5 Å². The molecule has 0 aliphatic heterocycles. The topological polar surface area (TPSA) is 51.8 Å². The molecule has 0 amide bonds. The number of aromatic nitrogens is 3. The molecule has 8 aromatic carbocycles. The van der Waals surface area contributed by atoms with Gasteiger partial charge in [0.05, 0.1) is 0 Å². The first kappa shape index (κ1) is 27.5. The van der Waals surface area contributed by atoms with Gasteiger partial charge in [-0.05, 0) is 62.3 Å². The van der Waals surface area contributed by atoms with Gasteiger partial charge in [-0.25, -0.2) is 15.0 Å². The summed E-state index contributed by atoms with van der Waals surface area (Å²) in [6.07, 6.45) is 0. The van der Waals surface area contributed by atoms with Crippen molar-refractivity contribution in [2.24, 2.45) is 0 Å². The van der Waals surface area contributed by atoms with Gasteiger partial charge in [0, 0.05) is 32.8 Å². The molecule has 0 atom stereocenters. The molecule has 49 heavy (non-hydrogen) atoms. The van der Waals surface area contributed by atoms with E-state index in [9.17, 15) is 0 Å². The highest BCUT2D eigenvalue weighted by Gasteiger charge is 2.19. The lowest BCUT2D eigenvalue weighted by Gasteiger charge is -2.13. The fraction of sp³-hybridized carbons (Fsp3) is 0. The molecule has 228 valence electrons. The Hall–Kier alpha value is -6.65. The predicted molar refractivity (Wildman–Crippen MR) is 201 cm³/mol. The van der Waals surface area contributed by atoms with Gasteiger partial charge >= 0.3 is 0 Å². The number of furan rings is 1. The molecular weight excluding hydrogens is 599 g/mol. The predicted octanol–water partition coefficient (Wildman–Crippen LogP) is 11.9. The molecule has 0 N–H and O–H groups in total. The van der Waals surface area contributed by atoms with Gasteiger partial charge in [0.1, 0.15) is 11.2 Å². The van der Waals surface area contributed by atoms with Crippen molar-refractivity contribution in [3.63, 3.8) is 0 Å². The molecule has 0 bridgehead atoms. The molecule has 4 nitrogen and oxygen atoms in total. The molecule has 0 fully saturated rings. The summed E-state index contributed by atoms with van der Waals surface area (Å²) in [6.45, 7) is 0. The average Bonchev–Trinajstić information content (AvgIpc) is 3.58. The Bertz CT molecular complexity index is 2880. The van der Waals surface area contributed by atoms with Crippen molar-refractivity contribution < 1.29 is 4.42 Å². The summed E-state index contributed by atoms with van der Waals surface area (Å²) < 4.78 is 6.52. The summed E-state index contributed by atoms with van der Waals surface area (Å²) in [7, 11) is 0. The van der Waals surface area contributed by atoms with Crippen molar-refractivity contribution in [3.8, 4) is 45.3 Å². The molecule has 4 heteroatoms. The largest absolute Gasteiger partial charge is 0.455 e. The Morgan fingerprint density at radius 2 is 0.939 bits per heavy atom. The summed E-state index contributed by atoms with van der Waals surface area (Å²) in [6, 6.07) is 56.8. The van der Waals surface area contributed by atoms with Crippen LogP contribution in [0.15, 0.2) is 168 Å². The average molecular weight is 626 g/mol. The minimum Gasteiger partial charge on any atom is -0.455 e. The Labute approximate surface area is 282 Å². The summed E-state index contributed by atoms with van der Waals surface area (Å²) >= 11 is 0. The molecule has 0 unspecified atom stereocenters. The van der Waals surface area contributed by atoms with E-state index in [1.54, 1.807) is 0 Å². The first-order valence-electron chi connectivity index (χ1n) is 16.4. The minimum absolute atomic E-state index is 0.619. The van der Waals surface area contributed by atoms with Crippen molar-refractivity contribution >= 4 is 54.3 Å². The third-order valence-corrected chi connectivity index (χ3v) is 9.48. The van der Waals surface area contributed by atoms with Crippen LogP contribution in [0.5, 0.6) is 0 Å². The van der Waals surface area contributed by atoms with Gasteiger partial charge in [0.25, 0.3) is 0 Å². The number of nitrogens with zero attached hydrogens (tertiary/aromatic N) is 3. The standard InChI is InChI=1S/C45H27N3O/c1-3-13-28(14-4-1)32-25-30-17-7-8-18-33(30)39(27-32)45-47-43(29-15-5-2-6-16-29)46-44(48-45)31-23-24-35-34-19-9-10-20-36(34)42-41(38(35)26-31)37-21-11-12-22-40(37)49-42/h1-27H. The summed E-state index contributed by atoms with van der Waals surface area (Å²) in [5.74, 6) is 1.89. The fourth-order valence-corrected chi connectivity index (χ4v) is 7.18. The summed E-state index contributed by atoms with van der Waals surface area (Å²) in [5, 5.41) is 8.95. The SMILES string of the molecule is c1ccc(-c2cc(-c3nc(-c4ccccc4)nc(-c4ccc5c6ccccc6c6oc7ccccc7c6c5c4)n3)c3ccccc3c2)cc1. The maximum Gasteiger partial charge on any atom is 0.164 e. The zero-order valence-electron chi connectivity index (χ0n) is 26.3. The zero-order chi connectivity index (χ0) is 32.3. The van der Waals surface area contributed by atoms with Crippen LogP contribution >= 0.6 is 0 Å². The van der Waals surface area contributed by atoms with E-state index in [-0.39, 0.29) is 0 Å². The van der Waals surface area contributed by atoms with Crippen LogP contribution in [0.25, 0.3) is 99.5 Å². The molecule has 2 aromatic heterocycles. The minimum atomic E-state index is 0.619. The number of para-hydroxylation sites is 1. The highest BCUT2D eigenvalue weighted by Crippen LogP contribution is 2.42. The monoisotopic (exact) mass is 625 g/mol. The zero-order valence-corrected chi connectivity index (χ0v) is 26.3. The molecule has 0 saturated heterocycles. The highest BCUT2D eigenvalue weighted by molar-refractivity contribution is 6.30. The second kappa shape index (κ2) is 11.0. The van der Waals surface area contributed by atoms with Crippen molar-refractivity contribution in [2.75, 3.05) is 0 Å². The molecule has 0 aliphatic carbocycles. The Morgan fingerprint density at radius 1 is 0.347 bits per heavy atom. The maximum atomic E-state index is 6.52. The normalized spacial score (nSPS) is 11.7. The van der Waals surface area contributed by atoms with Crippen LogP contribution in [-0.4, -0.2) is 15.0 Å². The van der Waals surface area contributed by atoms with E-state index in [0.717, 1.165) is 82.1 Å². The third-order valence-electron chi connectivity index (χ3n) is 9.48. The number of fused-ring (bicyclic) bond motifs is 9. The van der Waals surface area contributed by atoms with Crippen LogP contribution < -0.4 is 0 Å². The lowest BCUT2D eigenvalue weighted by Crippen LogP contribution is -2.01. The van der Waals surface area contributed by atoms with Crippen LogP contribution in [0.3, 0.4) is 0 Å². The van der Waals surface area contributed by atoms with Crippen molar-refractivity contribution in [1.82, 2.24) is 15.0 Å². The van der Waals surface area contributed by atoms with Crippen LogP contribution in [0.2, 0.25) is 0 Å². The van der Waals surface area contributed by atoms with E-state index < -0.39 is 0 Å². The van der Waals surface area contributed by atoms with Crippen LogP contribution in [0, 0.1) is 0 Å². The summed E-state index contributed by atoms with van der Waals surface area (Å²) in [4.78, 5) is 15.5. The second-order valence-electron chi connectivity index (χ2n) is 12.4. The molecule has 10 aromatic rings. The molecule has 10 rings (SSSR count). The Balaban J connectivity index is 1.26. The first-order chi connectivity index (χ1) is 24.3. The lowest BCUT2D eigenvalue weighted by molar-refractivity contribution is 0.673. The molecule has 2 heterocycles. The smallest absolute Gasteiger partial charge is 0.164 e. The number of hydrogen-bond acceptors (Lipinski definition) is 4. The van der Waals surface area contributed by atoms with Crippen molar-refractivity contribution in [3.05, 3.63) is 164 Å². The van der Waals surface area contributed by atoms with Gasteiger partial charge < -0.3 is 4.42 Å². The number of rotatable bonds is 4. The second-order valence-corrected chi connectivity index (χ2v) is 12.4.